The van der Waals surface area contributed by atoms with E-state index in [1.165, 1.54) is 11.8 Å². The van der Waals surface area contributed by atoms with Crippen LogP contribution in [0.1, 0.15) is 20.3 Å². The molecule has 6 heteroatoms. The zero-order chi connectivity index (χ0) is 16.8. The van der Waals surface area contributed by atoms with E-state index in [2.05, 4.69) is 21.8 Å². The van der Waals surface area contributed by atoms with Crippen molar-refractivity contribution >= 4 is 29.0 Å². The number of rotatable bonds is 7. The van der Waals surface area contributed by atoms with Crippen LogP contribution in [-0.4, -0.2) is 34.8 Å². The van der Waals surface area contributed by atoms with Crippen molar-refractivity contribution in [2.45, 2.75) is 37.2 Å². The first-order valence-electron chi connectivity index (χ1n) is 7.77. The number of imidazole rings is 1. The highest BCUT2D eigenvalue weighted by molar-refractivity contribution is 8.00. The van der Waals surface area contributed by atoms with E-state index in [4.69, 9.17) is 0 Å². The number of carbonyl (C=O) groups excluding carboxylic acids is 1. The number of hydrogen-bond donors (Lipinski definition) is 1. The number of benzene rings is 1. The number of hydrogen-bond acceptors (Lipinski definition) is 4. The number of aromatic nitrogens is 2. The standard InChI is InChI=1S/C17H24N4OS/c1-5-11-21-12-10-18-17(21)23-13(2)16(22)19-14-6-8-15(9-7-14)20(3)4/h6-10,12-13H,5,11H2,1-4H3,(H,19,22)/t13-/m1/s1. The van der Waals surface area contributed by atoms with Crippen LogP contribution in [0.3, 0.4) is 0 Å². The Labute approximate surface area is 142 Å². The van der Waals surface area contributed by atoms with E-state index in [1.807, 2.05) is 56.4 Å². The maximum Gasteiger partial charge on any atom is 0.237 e. The lowest BCUT2D eigenvalue weighted by atomic mass is 10.2. The first-order chi connectivity index (χ1) is 11.0. The molecule has 0 bridgehead atoms. The van der Waals surface area contributed by atoms with E-state index < -0.39 is 0 Å². The Morgan fingerprint density at radius 1 is 1.35 bits per heavy atom. The molecule has 0 unspecified atom stereocenters. The van der Waals surface area contributed by atoms with E-state index in [0.29, 0.717) is 0 Å². The lowest BCUT2D eigenvalue weighted by Crippen LogP contribution is -2.23. The van der Waals surface area contributed by atoms with Crippen LogP contribution in [0.15, 0.2) is 41.8 Å². The number of carbonyl (C=O) groups is 1. The van der Waals surface area contributed by atoms with Crippen molar-refractivity contribution < 1.29 is 4.79 Å². The summed E-state index contributed by atoms with van der Waals surface area (Å²) >= 11 is 1.48. The summed E-state index contributed by atoms with van der Waals surface area (Å²) in [5, 5.41) is 3.64. The summed E-state index contributed by atoms with van der Waals surface area (Å²) in [4.78, 5) is 18.7. The first kappa shape index (κ1) is 17.4. The molecule has 2 aromatic rings. The molecule has 1 aromatic carbocycles. The molecule has 5 nitrogen and oxygen atoms in total. The van der Waals surface area contributed by atoms with Gasteiger partial charge in [-0.15, -0.1) is 0 Å². The molecular weight excluding hydrogens is 308 g/mol. The largest absolute Gasteiger partial charge is 0.378 e. The van der Waals surface area contributed by atoms with Gasteiger partial charge in [0.05, 0.1) is 5.25 Å². The van der Waals surface area contributed by atoms with E-state index in [9.17, 15) is 4.79 Å². The first-order valence-corrected chi connectivity index (χ1v) is 8.65. The second-order valence-corrected chi connectivity index (χ2v) is 6.90. The molecule has 0 saturated heterocycles. The van der Waals surface area contributed by atoms with Gasteiger partial charge in [0.2, 0.25) is 5.91 Å². The summed E-state index contributed by atoms with van der Waals surface area (Å²) in [7, 11) is 3.98. The number of nitrogens with zero attached hydrogens (tertiary/aromatic N) is 3. The van der Waals surface area contributed by atoms with Gasteiger partial charge in [-0.1, -0.05) is 18.7 Å². The highest BCUT2D eigenvalue weighted by Gasteiger charge is 2.17. The van der Waals surface area contributed by atoms with Gasteiger partial charge in [0, 0.05) is 44.4 Å². The smallest absolute Gasteiger partial charge is 0.237 e. The minimum Gasteiger partial charge on any atom is -0.378 e. The minimum absolute atomic E-state index is 0.0151. The van der Waals surface area contributed by atoms with Crippen molar-refractivity contribution in [1.29, 1.82) is 0 Å². The summed E-state index contributed by atoms with van der Waals surface area (Å²) in [6, 6.07) is 7.81. The van der Waals surface area contributed by atoms with E-state index in [-0.39, 0.29) is 11.2 Å². The summed E-state index contributed by atoms with van der Waals surface area (Å²) in [6.45, 7) is 4.95. The number of aryl methyl sites for hydroxylation is 1. The number of amides is 1. The zero-order valence-electron chi connectivity index (χ0n) is 14.1. The van der Waals surface area contributed by atoms with Gasteiger partial charge in [-0.2, -0.15) is 0 Å². The molecule has 23 heavy (non-hydrogen) atoms. The average Bonchev–Trinajstić information content (AvgIpc) is 2.95. The minimum atomic E-state index is -0.207. The molecule has 0 spiro atoms. The molecule has 0 saturated carbocycles. The molecule has 0 aliphatic carbocycles. The molecule has 0 radical (unpaired) electrons. The Morgan fingerprint density at radius 3 is 2.65 bits per heavy atom. The Balaban J connectivity index is 1.95. The van der Waals surface area contributed by atoms with Crippen molar-refractivity contribution in [1.82, 2.24) is 9.55 Å². The second-order valence-electron chi connectivity index (χ2n) is 5.59. The maximum atomic E-state index is 12.3. The third kappa shape index (κ3) is 4.76. The summed E-state index contributed by atoms with van der Waals surface area (Å²) in [6.07, 6.45) is 4.78. The van der Waals surface area contributed by atoms with Crippen LogP contribution in [0.4, 0.5) is 11.4 Å². The summed E-state index contributed by atoms with van der Waals surface area (Å²) in [5.41, 5.74) is 1.91. The van der Waals surface area contributed by atoms with Crippen LogP contribution in [-0.2, 0) is 11.3 Å². The van der Waals surface area contributed by atoms with Crippen LogP contribution in [0.2, 0.25) is 0 Å². The van der Waals surface area contributed by atoms with Gasteiger partial charge < -0.3 is 14.8 Å². The lowest BCUT2D eigenvalue weighted by Gasteiger charge is -2.15. The monoisotopic (exact) mass is 332 g/mol. The van der Waals surface area contributed by atoms with Crippen LogP contribution < -0.4 is 10.2 Å². The third-order valence-corrected chi connectivity index (χ3v) is 4.56. The highest BCUT2D eigenvalue weighted by Crippen LogP contribution is 2.23. The molecule has 124 valence electrons. The molecular formula is C17H24N4OS. The van der Waals surface area contributed by atoms with Crippen molar-refractivity contribution in [2.75, 3.05) is 24.3 Å². The summed E-state index contributed by atoms with van der Waals surface area (Å²) in [5.74, 6) is -0.0151. The molecule has 0 aliphatic heterocycles. The summed E-state index contributed by atoms with van der Waals surface area (Å²) < 4.78 is 2.08. The number of thioether (sulfide) groups is 1. The van der Waals surface area contributed by atoms with Gasteiger partial charge in [-0.25, -0.2) is 4.98 Å². The number of anilines is 2. The van der Waals surface area contributed by atoms with Crippen LogP contribution >= 0.6 is 11.8 Å². The average molecular weight is 332 g/mol. The van der Waals surface area contributed by atoms with Crippen molar-refractivity contribution in [3.8, 4) is 0 Å². The van der Waals surface area contributed by atoms with Crippen molar-refractivity contribution in [3.63, 3.8) is 0 Å². The molecule has 2 rings (SSSR count). The fraction of sp³-hybridized carbons (Fsp3) is 0.412. The molecule has 1 N–H and O–H groups in total. The normalized spacial score (nSPS) is 12.0. The van der Waals surface area contributed by atoms with Gasteiger partial charge in [-0.05, 0) is 37.6 Å². The second kappa shape index (κ2) is 8.06. The fourth-order valence-electron chi connectivity index (χ4n) is 2.12. The van der Waals surface area contributed by atoms with Crippen molar-refractivity contribution in [2.24, 2.45) is 0 Å². The number of nitrogens with one attached hydrogen (secondary N) is 1. The Morgan fingerprint density at radius 2 is 2.04 bits per heavy atom. The van der Waals surface area contributed by atoms with Crippen LogP contribution in [0, 0.1) is 0 Å². The van der Waals surface area contributed by atoms with E-state index >= 15 is 0 Å². The maximum absolute atomic E-state index is 12.3. The van der Waals surface area contributed by atoms with Gasteiger partial charge in [0.1, 0.15) is 0 Å². The Kier molecular flexibility index (Phi) is 6.10. The quantitative estimate of drug-likeness (QED) is 0.789. The molecule has 1 aromatic heterocycles. The molecule has 1 amide bonds. The fourth-order valence-corrected chi connectivity index (χ4v) is 3.01. The van der Waals surface area contributed by atoms with Gasteiger partial charge in [0.25, 0.3) is 0 Å². The molecule has 1 atom stereocenters. The Hall–Kier alpha value is -1.95. The van der Waals surface area contributed by atoms with E-state index in [0.717, 1.165) is 29.5 Å². The van der Waals surface area contributed by atoms with Gasteiger partial charge in [0.15, 0.2) is 5.16 Å². The van der Waals surface area contributed by atoms with Crippen molar-refractivity contribution in [3.05, 3.63) is 36.7 Å². The predicted octanol–water partition coefficient (Wildman–Crippen LogP) is 3.48. The zero-order valence-corrected chi connectivity index (χ0v) is 14.9. The van der Waals surface area contributed by atoms with Gasteiger partial charge in [-0.3, -0.25) is 4.79 Å². The molecule has 0 fully saturated rings. The lowest BCUT2D eigenvalue weighted by molar-refractivity contribution is -0.115. The van der Waals surface area contributed by atoms with Crippen LogP contribution in [0.25, 0.3) is 0 Å². The predicted molar refractivity (Wildman–Crippen MR) is 97.2 cm³/mol. The third-order valence-electron chi connectivity index (χ3n) is 3.44. The van der Waals surface area contributed by atoms with Gasteiger partial charge >= 0.3 is 0 Å². The van der Waals surface area contributed by atoms with E-state index in [1.54, 1.807) is 6.20 Å². The SMILES string of the molecule is CCCn1ccnc1S[C@H](C)C(=O)Nc1ccc(N(C)C)cc1. The highest BCUT2D eigenvalue weighted by atomic mass is 32.2. The molecule has 0 aliphatic rings. The topological polar surface area (TPSA) is 50.2 Å². The Bertz CT molecular complexity index is 636. The molecule has 1 heterocycles. The van der Waals surface area contributed by atoms with Crippen LogP contribution in [0.5, 0.6) is 0 Å².